The van der Waals surface area contributed by atoms with Crippen LogP contribution >= 0.6 is 0 Å². The molecule has 10 heteroatoms. The molecule has 0 aliphatic carbocycles. The first kappa shape index (κ1) is 23.9. The minimum absolute atomic E-state index is 0.0150. The molecular formula is C26H25F3N6O. The minimum Gasteiger partial charge on any atom is -0.369 e. The van der Waals surface area contributed by atoms with Crippen LogP contribution in [-0.2, 0) is 6.54 Å². The van der Waals surface area contributed by atoms with Crippen LogP contribution in [0, 0.1) is 19.7 Å². The maximum absolute atomic E-state index is 14.5. The molecule has 7 nitrogen and oxygen atoms in total. The largest absolute Gasteiger partial charge is 0.369 e. The number of benzene rings is 1. The Morgan fingerprint density at radius 3 is 2.56 bits per heavy atom. The third-order valence-electron chi connectivity index (χ3n) is 6.70. The smallest absolute Gasteiger partial charge is 0.282 e. The van der Waals surface area contributed by atoms with E-state index in [0.29, 0.717) is 54.0 Å². The van der Waals surface area contributed by atoms with Crippen LogP contribution in [0.2, 0.25) is 0 Å². The summed E-state index contributed by atoms with van der Waals surface area (Å²) < 4.78 is 43.0. The Kier molecular flexibility index (Phi) is 6.42. The topological polar surface area (TPSA) is 76.8 Å². The number of para-hydroxylation sites is 1. The molecule has 4 heterocycles. The van der Waals surface area contributed by atoms with Gasteiger partial charge >= 0.3 is 0 Å². The highest BCUT2D eigenvalue weighted by Gasteiger charge is 2.27. The third kappa shape index (κ3) is 4.43. The van der Waals surface area contributed by atoms with Gasteiger partial charge in [-0.2, -0.15) is 0 Å². The number of hydrogen-bond acceptors (Lipinski definition) is 6. The van der Waals surface area contributed by atoms with E-state index < -0.39 is 12.1 Å². The highest BCUT2D eigenvalue weighted by molar-refractivity contribution is 5.71. The van der Waals surface area contributed by atoms with Crippen molar-refractivity contribution in [3.05, 3.63) is 87.2 Å². The van der Waals surface area contributed by atoms with Crippen molar-refractivity contribution in [1.29, 1.82) is 0 Å². The molecule has 0 N–H and O–H groups in total. The first-order chi connectivity index (χ1) is 17.3. The summed E-state index contributed by atoms with van der Waals surface area (Å²) in [6.07, 6.45) is 2.60. The quantitative estimate of drug-likeness (QED) is 0.400. The number of aryl methyl sites for hydroxylation is 2. The fraction of sp³-hybridized carbons (Fsp3) is 0.346. The Morgan fingerprint density at radius 1 is 1.08 bits per heavy atom. The lowest BCUT2D eigenvalue weighted by molar-refractivity contribution is 0.144. The second kappa shape index (κ2) is 9.67. The normalized spacial score (nSPS) is 14.7. The van der Waals surface area contributed by atoms with Crippen LogP contribution in [0.4, 0.5) is 18.9 Å². The molecule has 0 saturated carbocycles. The fourth-order valence-electron chi connectivity index (χ4n) is 4.94. The highest BCUT2D eigenvalue weighted by atomic mass is 19.3. The zero-order chi connectivity index (χ0) is 25.4. The summed E-state index contributed by atoms with van der Waals surface area (Å²) in [5.74, 6) is -0.345. The Balaban J connectivity index is 1.52. The molecule has 1 fully saturated rings. The van der Waals surface area contributed by atoms with Crippen molar-refractivity contribution in [3.8, 4) is 0 Å². The van der Waals surface area contributed by atoms with Crippen LogP contribution in [-0.4, -0.2) is 37.6 Å². The molecule has 1 aliphatic rings. The molecule has 1 saturated heterocycles. The summed E-state index contributed by atoms with van der Waals surface area (Å²) in [7, 11) is 0. The van der Waals surface area contributed by atoms with Crippen molar-refractivity contribution in [1.82, 2.24) is 24.5 Å². The number of hydrogen-bond donors (Lipinski definition) is 0. The summed E-state index contributed by atoms with van der Waals surface area (Å²) in [5.41, 5.74) is 2.67. The Bertz CT molecular complexity index is 1460. The van der Waals surface area contributed by atoms with Gasteiger partial charge in [0.05, 0.1) is 23.6 Å². The van der Waals surface area contributed by atoms with Gasteiger partial charge in [0, 0.05) is 37.2 Å². The number of alkyl halides is 2. The van der Waals surface area contributed by atoms with Crippen LogP contribution in [0.15, 0.2) is 47.7 Å². The number of nitrogens with zero attached hydrogens (tertiary/aromatic N) is 6. The zero-order valence-electron chi connectivity index (χ0n) is 20.0. The number of halogens is 3. The van der Waals surface area contributed by atoms with Gasteiger partial charge in [-0.25, -0.2) is 18.2 Å². The van der Waals surface area contributed by atoms with Gasteiger partial charge in [0.1, 0.15) is 17.0 Å². The molecule has 0 bridgehead atoms. The molecule has 0 amide bonds. The van der Waals surface area contributed by atoms with E-state index in [1.807, 2.05) is 17.9 Å². The van der Waals surface area contributed by atoms with E-state index in [4.69, 9.17) is 0 Å². The SMILES string of the molecule is Cc1cnc2cc(C3CCN(c4c(C)cccc4F)CC3)c(=O)n(Cc3nccnc3C(F)F)c2n1. The molecule has 4 aromatic rings. The number of fused-ring (bicyclic) bond motifs is 1. The molecule has 1 aromatic carbocycles. The first-order valence-electron chi connectivity index (χ1n) is 11.8. The van der Waals surface area contributed by atoms with Gasteiger partial charge in [-0.15, -0.1) is 0 Å². The van der Waals surface area contributed by atoms with Crippen molar-refractivity contribution in [2.45, 2.75) is 45.6 Å². The van der Waals surface area contributed by atoms with Gasteiger partial charge in [-0.05, 0) is 50.3 Å². The molecule has 36 heavy (non-hydrogen) atoms. The second-order valence-electron chi connectivity index (χ2n) is 9.07. The maximum Gasteiger partial charge on any atom is 0.282 e. The monoisotopic (exact) mass is 494 g/mol. The highest BCUT2D eigenvalue weighted by Crippen LogP contribution is 2.33. The number of piperidine rings is 1. The predicted octanol–water partition coefficient (Wildman–Crippen LogP) is 4.71. The van der Waals surface area contributed by atoms with E-state index in [1.165, 1.54) is 23.0 Å². The van der Waals surface area contributed by atoms with Crippen LogP contribution in [0.1, 0.15) is 53.4 Å². The van der Waals surface area contributed by atoms with Crippen molar-refractivity contribution >= 4 is 16.9 Å². The van der Waals surface area contributed by atoms with Gasteiger partial charge in [0.25, 0.3) is 12.0 Å². The summed E-state index contributed by atoms with van der Waals surface area (Å²) in [4.78, 5) is 32.5. The van der Waals surface area contributed by atoms with E-state index >= 15 is 0 Å². The molecule has 186 valence electrons. The minimum atomic E-state index is -2.82. The summed E-state index contributed by atoms with van der Waals surface area (Å²) >= 11 is 0. The lowest BCUT2D eigenvalue weighted by Crippen LogP contribution is -2.36. The van der Waals surface area contributed by atoms with Crippen molar-refractivity contribution < 1.29 is 13.2 Å². The lowest BCUT2D eigenvalue weighted by Gasteiger charge is -2.34. The van der Waals surface area contributed by atoms with E-state index in [0.717, 1.165) is 5.56 Å². The van der Waals surface area contributed by atoms with Crippen molar-refractivity contribution in [2.24, 2.45) is 0 Å². The molecule has 3 aromatic heterocycles. The van der Waals surface area contributed by atoms with E-state index in [-0.39, 0.29) is 29.5 Å². The van der Waals surface area contributed by atoms with Gasteiger partial charge in [0.2, 0.25) is 0 Å². The Hall–Kier alpha value is -3.82. The third-order valence-corrected chi connectivity index (χ3v) is 6.70. The summed E-state index contributed by atoms with van der Waals surface area (Å²) in [5, 5.41) is 0. The van der Waals surface area contributed by atoms with Crippen molar-refractivity contribution in [3.63, 3.8) is 0 Å². The molecule has 5 rings (SSSR count). The number of rotatable bonds is 5. The predicted molar refractivity (Wildman–Crippen MR) is 130 cm³/mol. The molecular weight excluding hydrogens is 469 g/mol. The van der Waals surface area contributed by atoms with Gasteiger partial charge in [0.15, 0.2) is 5.65 Å². The van der Waals surface area contributed by atoms with Crippen molar-refractivity contribution in [2.75, 3.05) is 18.0 Å². The Labute approximate surface area is 205 Å². The van der Waals surface area contributed by atoms with E-state index in [9.17, 15) is 18.0 Å². The standard InChI is InChI=1S/C26H25F3N6O/c1-15-4-3-5-19(27)23(15)34-10-6-17(7-11-34)18-12-20-25(33-16(2)13-32-20)35(26(18)36)14-21-22(24(28)29)31-9-8-30-21/h3-5,8-9,12-13,17,24H,6-7,10-11,14H2,1-2H3. The number of anilines is 1. The van der Waals surface area contributed by atoms with Crippen LogP contribution in [0.5, 0.6) is 0 Å². The summed E-state index contributed by atoms with van der Waals surface area (Å²) in [6.45, 7) is 4.62. The van der Waals surface area contributed by atoms with Gasteiger partial charge < -0.3 is 4.90 Å². The second-order valence-corrected chi connectivity index (χ2v) is 9.07. The molecule has 0 spiro atoms. The maximum atomic E-state index is 14.5. The average molecular weight is 495 g/mol. The first-order valence-corrected chi connectivity index (χ1v) is 11.8. The van der Waals surface area contributed by atoms with Gasteiger partial charge in [-0.1, -0.05) is 12.1 Å². The number of pyridine rings is 1. The van der Waals surface area contributed by atoms with Crippen LogP contribution in [0.25, 0.3) is 11.2 Å². The van der Waals surface area contributed by atoms with E-state index in [1.54, 1.807) is 25.3 Å². The number of aromatic nitrogens is 5. The van der Waals surface area contributed by atoms with Crippen LogP contribution in [0.3, 0.4) is 0 Å². The zero-order valence-corrected chi connectivity index (χ0v) is 20.0. The summed E-state index contributed by atoms with van der Waals surface area (Å²) in [6, 6.07) is 6.78. The molecule has 1 aliphatic heterocycles. The molecule has 0 radical (unpaired) electrons. The average Bonchev–Trinajstić information content (AvgIpc) is 2.86. The Morgan fingerprint density at radius 2 is 1.83 bits per heavy atom. The molecule has 0 atom stereocenters. The fourth-order valence-corrected chi connectivity index (χ4v) is 4.94. The van der Waals surface area contributed by atoms with Crippen LogP contribution < -0.4 is 10.5 Å². The van der Waals surface area contributed by atoms with E-state index in [2.05, 4.69) is 19.9 Å². The lowest BCUT2D eigenvalue weighted by atomic mass is 9.89. The van der Waals surface area contributed by atoms with Gasteiger partial charge in [-0.3, -0.25) is 24.3 Å². The molecule has 0 unspecified atom stereocenters.